The van der Waals surface area contributed by atoms with Crippen LogP contribution in [0.2, 0.25) is 0 Å². The van der Waals surface area contributed by atoms with E-state index in [2.05, 4.69) is 26.2 Å². The molecule has 0 aliphatic rings. The molecule has 128 valence electrons. The lowest BCUT2D eigenvalue weighted by Crippen LogP contribution is -2.31. The van der Waals surface area contributed by atoms with E-state index in [-0.39, 0.29) is 5.91 Å². The van der Waals surface area contributed by atoms with E-state index < -0.39 is 0 Å². The number of halogens is 1. The smallest absolute Gasteiger partial charge is 0.254 e. The fraction of sp³-hybridized carbons (Fsp3) is 0.200. The number of carbonyl (C=O) groups is 1. The number of nitrogens with one attached hydrogen (secondary N) is 1. The Morgan fingerprint density at radius 2 is 1.84 bits per heavy atom. The summed E-state index contributed by atoms with van der Waals surface area (Å²) < 4.78 is 0.917. The molecule has 0 bridgehead atoms. The number of benzene rings is 2. The zero-order valence-electron chi connectivity index (χ0n) is 14.3. The number of amides is 1. The fourth-order valence-corrected chi connectivity index (χ4v) is 3.20. The van der Waals surface area contributed by atoms with Gasteiger partial charge in [0.2, 0.25) is 0 Å². The maximum atomic E-state index is 13.0. The molecule has 0 aliphatic heterocycles. The average molecular weight is 398 g/mol. The molecule has 0 saturated heterocycles. The second kappa shape index (κ2) is 7.76. The van der Waals surface area contributed by atoms with Crippen molar-refractivity contribution in [2.45, 2.75) is 0 Å². The minimum absolute atomic E-state index is 0.100. The predicted molar refractivity (Wildman–Crippen MR) is 106 cm³/mol. The molecule has 3 aromatic rings. The van der Waals surface area contributed by atoms with Gasteiger partial charge in [-0.05, 0) is 25.5 Å². The SMILES string of the molecule is CN(C)CCNC(=O)c1c(-c2ccccc2Br)ncc2ccccc12. The number of nitrogens with zero attached hydrogens (tertiary/aromatic N) is 2. The third kappa shape index (κ3) is 3.89. The van der Waals surface area contributed by atoms with Gasteiger partial charge in [-0.2, -0.15) is 0 Å². The van der Waals surface area contributed by atoms with E-state index in [1.165, 1.54) is 0 Å². The van der Waals surface area contributed by atoms with Crippen LogP contribution in [0.3, 0.4) is 0 Å². The fourth-order valence-electron chi connectivity index (χ4n) is 2.73. The van der Waals surface area contributed by atoms with Gasteiger partial charge < -0.3 is 10.2 Å². The average Bonchev–Trinajstić information content (AvgIpc) is 2.61. The van der Waals surface area contributed by atoms with Crippen LogP contribution in [-0.2, 0) is 0 Å². The van der Waals surface area contributed by atoms with E-state index in [1.807, 2.05) is 73.7 Å². The quantitative estimate of drug-likeness (QED) is 0.708. The second-order valence-corrected chi connectivity index (χ2v) is 6.96. The summed E-state index contributed by atoms with van der Waals surface area (Å²) in [6, 6.07) is 15.7. The first kappa shape index (κ1) is 17.6. The van der Waals surface area contributed by atoms with Crippen molar-refractivity contribution in [3.63, 3.8) is 0 Å². The van der Waals surface area contributed by atoms with Gasteiger partial charge >= 0.3 is 0 Å². The summed E-state index contributed by atoms with van der Waals surface area (Å²) in [7, 11) is 3.97. The summed E-state index contributed by atoms with van der Waals surface area (Å²) in [6.07, 6.45) is 1.82. The van der Waals surface area contributed by atoms with Gasteiger partial charge in [-0.3, -0.25) is 9.78 Å². The Morgan fingerprint density at radius 1 is 1.12 bits per heavy atom. The Labute approximate surface area is 156 Å². The first-order chi connectivity index (χ1) is 12.1. The Hall–Kier alpha value is -2.24. The number of fused-ring (bicyclic) bond motifs is 1. The summed E-state index contributed by atoms with van der Waals surface area (Å²) in [5, 5.41) is 4.88. The van der Waals surface area contributed by atoms with E-state index in [4.69, 9.17) is 0 Å². The minimum Gasteiger partial charge on any atom is -0.351 e. The lowest BCUT2D eigenvalue weighted by atomic mass is 9.99. The first-order valence-electron chi connectivity index (χ1n) is 8.13. The maximum absolute atomic E-state index is 13.0. The highest BCUT2D eigenvalue weighted by Crippen LogP contribution is 2.32. The molecule has 2 aromatic carbocycles. The van der Waals surface area contributed by atoms with Crippen LogP contribution in [-0.4, -0.2) is 43.0 Å². The largest absolute Gasteiger partial charge is 0.351 e. The number of aromatic nitrogens is 1. The van der Waals surface area contributed by atoms with Crippen molar-refractivity contribution in [3.05, 3.63) is 64.8 Å². The maximum Gasteiger partial charge on any atom is 0.254 e. The van der Waals surface area contributed by atoms with Gasteiger partial charge in [-0.25, -0.2) is 0 Å². The topological polar surface area (TPSA) is 45.2 Å². The third-order valence-electron chi connectivity index (χ3n) is 4.00. The Kier molecular flexibility index (Phi) is 5.46. The standard InChI is InChI=1S/C20H20BrN3O/c1-24(2)12-11-22-20(25)18-15-8-4-3-7-14(15)13-23-19(18)16-9-5-6-10-17(16)21/h3-10,13H,11-12H2,1-2H3,(H,22,25). The van der Waals surface area contributed by atoms with Crippen LogP contribution in [0, 0.1) is 0 Å². The molecular weight excluding hydrogens is 378 g/mol. The Morgan fingerprint density at radius 3 is 2.60 bits per heavy atom. The molecule has 3 rings (SSSR count). The molecule has 25 heavy (non-hydrogen) atoms. The van der Waals surface area contributed by atoms with Crippen LogP contribution in [0.15, 0.2) is 59.2 Å². The molecule has 0 fully saturated rings. The zero-order chi connectivity index (χ0) is 17.8. The lowest BCUT2D eigenvalue weighted by Gasteiger charge is -2.15. The van der Waals surface area contributed by atoms with Crippen molar-refractivity contribution in [3.8, 4) is 11.3 Å². The highest BCUT2D eigenvalue weighted by molar-refractivity contribution is 9.10. The van der Waals surface area contributed by atoms with E-state index in [0.717, 1.165) is 27.4 Å². The van der Waals surface area contributed by atoms with Gasteiger partial charge in [0.05, 0.1) is 11.3 Å². The molecule has 0 saturated carbocycles. The molecule has 0 atom stereocenters. The molecule has 4 nitrogen and oxygen atoms in total. The zero-order valence-corrected chi connectivity index (χ0v) is 15.9. The van der Waals surface area contributed by atoms with E-state index in [0.29, 0.717) is 17.8 Å². The molecule has 0 aliphatic carbocycles. The van der Waals surface area contributed by atoms with E-state index in [1.54, 1.807) is 0 Å². The first-order valence-corrected chi connectivity index (χ1v) is 8.93. The third-order valence-corrected chi connectivity index (χ3v) is 4.69. The summed E-state index contributed by atoms with van der Waals surface area (Å²) in [4.78, 5) is 19.6. The molecule has 5 heteroatoms. The second-order valence-electron chi connectivity index (χ2n) is 6.11. The van der Waals surface area contributed by atoms with Crippen molar-refractivity contribution in [2.75, 3.05) is 27.2 Å². The number of hydrogen-bond acceptors (Lipinski definition) is 3. The minimum atomic E-state index is -0.100. The monoisotopic (exact) mass is 397 g/mol. The highest BCUT2D eigenvalue weighted by atomic mass is 79.9. The van der Waals surface area contributed by atoms with Crippen molar-refractivity contribution < 1.29 is 4.79 Å². The van der Waals surface area contributed by atoms with Crippen molar-refractivity contribution >= 4 is 32.6 Å². The number of likely N-dealkylation sites (N-methyl/N-ethyl adjacent to an activating group) is 1. The molecular formula is C20H20BrN3O. The number of pyridine rings is 1. The summed E-state index contributed by atoms with van der Waals surface area (Å²) in [6.45, 7) is 1.37. The summed E-state index contributed by atoms with van der Waals surface area (Å²) >= 11 is 3.57. The number of hydrogen-bond donors (Lipinski definition) is 1. The Balaban J connectivity index is 2.11. The lowest BCUT2D eigenvalue weighted by molar-refractivity contribution is 0.0953. The van der Waals surface area contributed by atoms with Crippen molar-refractivity contribution in [1.29, 1.82) is 0 Å². The van der Waals surface area contributed by atoms with Crippen LogP contribution in [0.1, 0.15) is 10.4 Å². The Bertz CT molecular complexity index is 908. The predicted octanol–water partition coefficient (Wildman–Crippen LogP) is 3.96. The van der Waals surface area contributed by atoms with Gasteiger partial charge in [0.25, 0.3) is 5.91 Å². The molecule has 1 heterocycles. The van der Waals surface area contributed by atoms with Gasteiger partial charge in [-0.1, -0.05) is 58.4 Å². The van der Waals surface area contributed by atoms with Crippen molar-refractivity contribution in [2.24, 2.45) is 0 Å². The van der Waals surface area contributed by atoms with Crippen molar-refractivity contribution in [1.82, 2.24) is 15.2 Å². The van der Waals surface area contributed by atoms with Crippen LogP contribution in [0.25, 0.3) is 22.0 Å². The molecule has 1 amide bonds. The van der Waals surface area contributed by atoms with Gasteiger partial charge in [0.15, 0.2) is 0 Å². The van der Waals surface area contributed by atoms with Gasteiger partial charge in [0, 0.05) is 34.7 Å². The van der Waals surface area contributed by atoms with Gasteiger partial charge in [-0.15, -0.1) is 0 Å². The van der Waals surface area contributed by atoms with Crippen LogP contribution in [0.5, 0.6) is 0 Å². The van der Waals surface area contributed by atoms with Crippen LogP contribution >= 0.6 is 15.9 Å². The summed E-state index contributed by atoms with van der Waals surface area (Å²) in [5.74, 6) is -0.100. The van der Waals surface area contributed by atoms with Gasteiger partial charge in [0.1, 0.15) is 0 Å². The summed E-state index contributed by atoms with van der Waals surface area (Å²) in [5.41, 5.74) is 2.21. The van der Waals surface area contributed by atoms with Crippen LogP contribution < -0.4 is 5.32 Å². The molecule has 1 aromatic heterocycles. The molecule has 0 spiro atoms. The highest BCUT2D eigenvalue weighted by Gasteiger charge is 2.19. The van der Waals surface area contributed by atoms with Crippen LogP contribution in [0.4, 0.5) is 0 Å². The van der Waals surface area contributed by atoms with E-state index >= 15 is 0 Å². The van der Waals surface area contributed by atoms with E-state index in [9.17, 15) is 4.79 Å². The number of rotatable bonds is 5. The molecule has 0 radical (unpaired) electrons. The molecule has 0 unspecified atom stereocenters. The normalized spacial score (nSPS) is 11.0. The number of carbonyl (C=O) groups excluding carboxylic acids is 1. The molecule has 1 N–H and O–H groups in total.